The van der Waals surface area contributed by atoms with Crippen LogP contribution in [-0.4, -0.2) is 14.5 Å². The van der Waals surface area contributed by atoms with E-state index in [-0.39, 0.29) is 5.41 Å². The highest BCUT2D eigenvalue weighted by Crippen LogP contribution is 2.34. The first-order chi connectivity index (χ1) is 8.98. The average molecular weight is 254 g/mol. The molecule has 3 rings (SSSR count). The largest absolute Gasteiger partial charge is 0.386 e. The molecule has 3 aromatic rings. The van der Waals surface area contributed by atoms with Crippen LogP contribution >= 0.6 is 0 Å². The molecule has 0 amide bonds. The number of rotatable bonds is 1. The van der Waals surface area contributed by atoms with Gasteiger partial charge in [0, 0.05) is 6.20 Å². The first kappa shape index (κ1) is 12.2. The van der Waals surface area contributed by atoms with E-state index in [1.54, 1.807) is 0 Å². The third-order valence-electron chi connectivity index (χ3n) is 3.47. The normalized spacial score (nSPS) is 14.1. The number of hydrogen-bond acceptors (Lipinski definition) is 2. The predicted molar refractivity (Wildman–Crippen MR) is 77.1 cm³/mol. The van der Waals surface area contributed by atoms with Gasteiger partial charge in [-0.1, -0.05) is 32.9 Å². The fourth-order valence-electron chi connectivity index (χ4n) is 2.36. The molecule has 2 aromatic heterocycles. The molecule has 1 atom stereocenters. The van der Waals surface area contributed by atoms with Gasteiger partial charge in [0.25, 0.3) is 0 Å². The van der Waals surface area contributed by atoms with Crippen molar-refractivity contribution in [3.05, 3.63) is 48.3 Å². The fraction of sp³-hybridized carbons (Fsp3) is 0.312. The van der Waals surface area contributed by atoms with Gasteiger partial charge in [0.1, 0.15) is 6.10 Å². The molecule has 0 fully saturated rings. The Morgan fingerprint density at radius 3 is 2.47 bits per heavy atom. The molecule has 1 N–H and O–H groups in total. The second-order valence-corrected chi connectivity index (χ2v) is 6.02. The lowest BCUT2D eigenvalue weighted by Gasteiger charge is -2.26. The van der Waals surface area contributed by atoms with Crippen LogP contribution in [0.3, 0.4) is 0 Å². The molecule has 19 heavy (non-hydrogen) atoms. The Labute approximate surface area is 112 Å². The molecule has 0 radical (unpaired) electrons. The molecule has 1 unspecified atom stereocenters. The van der Waals surface area contributed by atoms with Gasteiger partial charge in [-0.25, -0.2) is 4.98 Å². The van der Waals surface area contributed by atoms with Crippen LogP contribution in [-0.2, 0) is 0 Å². The zero-order valence-electron chi connectivity index (χ0n) is 11.5. The number of aliphatic hydroxyl groups is 1. The highest BCUT2D eigenvalue weighted by molar-refractivity contribution is 5.79. The molecule has 0 spiro atoms. The molecular weight excluding hydrogens is 236 g/mol. The van der Waals surface area contributed by atoms with Crippen molar-refractivity contribution in [2.75, 3.05) is 0 Å². The summed E-state index contributed by atoms with van der Waals surface area (Å²) in [6, 6.07) is 12.0. The number of nitrogens with zero attached hydrogens (tertiary/aromatic N) is 2. The van der Waals surface area contributed by atoms with Gasteiger partial charge in [-0.3, -0.25) is 0 Å². The highest BCUT2D eigenvalue weighted by atomic mass is 16.3. The average Bonchev–Trinajstić information content (AvgIpc) is 2.85. The van der Waals surface area contributed by atoms with Gasteiger partial charge in [-0.05, 0) is 29.7 Å². The van der Waals surface area contributed by atoms with Crippen LogP contribution in [0.2, 0.25) is 0 Å². The molecule has 3 heteroatoms. The summed E-state index contributed by atoms with van der Waals surface area (Å²) in [5, 5.41) is 10.6. The van der Waals surface area contributed by atoms with E-state index in [1.165, 1.54) is 0 Å². The van der Waals surface area contributed by atoms with Crippen molar-refractivity contribution in [1.29, 1.82) is 0 Å². The summed E-state index contributed by atoms with van der Waals surface area (Å²) in [6.45, 7) is 6.07. The summed E-state index contributed by atoms with van der Waals surface area (Å²) in [5.41, 5.74) is 3.45. The Balaban J connectivity index is 2.37. The standard InChI is InChI=1S/C16H18N2O/c1-16(2,3)15(19)14-13-9-6-10-18(13)12-8-5-4-7-11(12)17-14/h4-10,15,19H,1-3H3. The van der Waals surface area contributed by atoms with E-state index in [4.69, 9.17) is 0 Å². The molecule has 0 aliphatic rings. The third-order valence-corrected chi connectivity index (χ3v) is 3.47. The van der Waals surface area contributed by atoms with Crippen molar-refractivity contribution in [2.24, 2.45) is 5.41 Å². The summed E-state index contributed by atoms with van der Waals surface area (Å²) in [6.07, 6.45) is 1.42. The lowest BCUT2D eigenvalue weighted by molar-refractivity contribution is 0.0602. The van der Waals surface area contributed by atoms with Gasteiger partial charge >= 0.3 is 0 Å². The van der Waals surface area contributed by atoms with Gasteiger partial charge < -0.3 is 9.51 Å². The Kier molecular flexibility index (Phi) is 2.61. The maximum absolute atomic E-state index is 10.6. The number of para-hydroxylation sites is 2. The minimum absolute atomic E-state index is 0.236. The molecule has 0 saturated heterocycles. The van der Waals surface area contributed by atoms with E-state index >= 15 is 0 Å². The van der Waals surface area contributed by atoms with Crippen LogP contribution in [0.4, 0.5) is 0 Å². The van der Waals surface area contributed by atoms with E-state index in [9.17, 15) is 5.11 Å². The highest BCUT2D eigenvalue weighted by Gasteiger charge is 2.27. The van der Waals surface area contributed by atoms with Crippen LogP contribution in [0.5, 0.6) is 0 Å². The van der Waals surface area contributed by atoms with E-state index < -0.39 is 6.10 Å². The molecule has 0 bridgehead atoms. The Hall–Kier alpha value is -1.87. The van der Waals surface area contributed by atoms with Crippen LogP contribution in [0, 0.1) is 5.41 Å². The molecule has 98 valence electrons. The summed E-state index contributed by atoms with van der Waals surface area (Å²) in [5.74, 6) is 0. The second kappa shape index (κ2) is 4.07. The fourth-order valence-corrected chi connectivity index (χ4v) is 2.36. The molecular formula is C16H18N2O. The minimum Gasteiger partial charge on any atom is -0.386 e. The van der Waals surface area contributed by atoms with Gasteiger partial charge in [-0.15, -0.1) is 0 Å². The van der Waals surface area contributed by atoms with Gasteiger partial charge in [-0.2, -0.15) is 0 Å². The Morgan fingerprint density at radius 1 is 1.05 bits per heavy atom. The number of fused-ring (bicyclic) bond motifs is 3. The first-order valence-corrected chi connectivity index (χ1v) is 6.52. The number of aromatic nitrogens is 2. The van der Waals surface area contributed by atoms with Crippen LogP contribution in [0.15, 0.2) is 42.6 Å². The molecule has 0 saturated carbocycles. The molecule has 2 heterocycles. The van der Waals surface area contributed by atoms with Crippen molar-refractivity contribution in [3.8, 4) is 0 Å². The predicted octanol–water partition coefficient (Wildman–Crippen LogP) is 3.57. The maximum Gasteiger partial charge on any atom is 0.103 e. The lowest BCUT2D eigenvalue weighted by Crippen LogP contribution is -2.20. The number of hydrogen-bond donors (Lipinski definition) is 1. The lowest BCUT2D eigenvalue weighted by atomic mass is 9.87. The topological polar surface area (TPSA) is 37.5 Å². The van der Waals surface area contributed by atoms with Gasteiger partial charge in [0.05, 0.1) is 22.2 Å². The van der Waals surface area contributed by atoms with E-state index in [1.807, 2.05) is 63.4 Å². The third kappa shape index (κ3) is 1.90. The molecule has 1 aromatic carbocycles. The molecule has 0 aliphatic carbocycles. The summed E-state index contributed by atoms with van der Waals surface area (Å²) in [4.78, 5) is 4.67. The Morgan fingerprint density at radius 2 is 1.74 bits per heavy atom. The quantitative estimate of drug-likeness (QED) is 0.721. The first-order valence-electron chi connectivity index (χ1n) is 6.52. The zero-order valence-corrected chi connectivity index (χ0v) is 11.5. The van der Waals surface area contributed by atoms with Crippen molar-refractivity contribution >= 4 is 16.6 Å². The van der Waals surface area contributed by atoms with Crippen molar-refractivity contribution in [3.63, 3.8) is 0 Å². The van der Waals surface area contributed by atoms with Crippen LogP contribution in [0.1, 0.15) is 32.6 Å². The summed E-state index contributed by atoms with van der Waals surface area (Å²) >= 11 is 0. The second-order valence-electron chi connectivity index (χ2n) is 6.02. The van der Waals surface area contributed by atoms with E-state index in [2.05, 4.69) is 9.38 Å². The summed E-state index contributed by atoms with van der Waals surface area (Å²) < 4.78 is 2.09. The summed E-state index contributed by atoms with van der Waals surface area (Å²) in [7, 11) is 0. The van der Waals surface area contributed by atoms with Gasteiger partial charge in [0.15, 0.2) is 0 Å². The van der Waals surface area contributed by atoms with Crippen molar-refractivity contribution in [2.45, 2.75) is 26.9 Å². The van der Waals surface area contributed by atoms with E-state index in [0.717, 1.165) is 22.2 Å². The smallest absolute Gasteiger partial charge is 0.103 e. The van der Waals surface area contributed by atoms with E-state index in [0.29, 0.717) is 0 Å². The van der Waals surface area contributed by atoms with Crippen LogP contribution < -0.4 is 0 Å². The minimum atomic E-state index is -0.588. The van der Waals surface area contributed by atoms with Crippen molar-refractivity contribution < 1.29 is 5.11 Å². The SMILES string of the molecule is CC(C)(C)C(O)c1nc2ccccc2n2cccc12. The maximum atomic E-state index is 10.6. The monoisotopic (exact) mass is 254 g/mol. The van der Waals surface area contributed by atoms with Crippen LogP contribution in [0.25, 0.3) is 16.6 Å². The molecule has 3 nitrogen and oxygen atoms in total. The molecule has 0 aliphatic heterocycles. The van der Waals surface area contributed by atoms with Gasteiger partial charge in [0.2, 0.25) is 0 Å². The zero-order chi connectivity index (χ0) is 13.6. The number of aliphatic hydroxyl groups excluding tert-OH is 1. The van der Waals surface area contributed by atoms with Crippen molar-refractivity contribution in [1.82, 2.24) is 9.38 Å². The number of benzene rings is 1. The Bertz CT molecular complexity index is 737.